The number of hydrogen-bond acceptors (Lipinski definition) is 9. The summed E-state index contributed by atoms with van der Waals surface area (Å²) in [5.74, 6) is 0.369. The number of nitrogens with zero attached hydrogens (tertiary/aromatic N) is 5. The number of aromatic nitrogens is 3. The number of benzene rings is 2. The van der Waals surface area contributed by atoms with Crippen molar-refractivity contribution in [3.63, 3.8) is 0 Å². The number of methoxy groups -OCH3 is 2. The van der Waals surface area contributed by atoms with Crippen molar-refractivity contribution in [2.45, 2.75) is 6.92 Å². The number of halogens is 2. The molecule has 10 nitrogen and oxygen atoms in total. The molecule has 2 aromatic carbocycles. The Kier molecular flexibility index (Phi) is 7.69. The molecule has 12 heteroatoms. The Labute approximate surface area is 235 Å². The fraction of sp³-hybridized carbons (Fsp3) is 0.296. The van der Waals surface area contributed by atoms with Crippen LogP contribution in [0.15, 0.2) is 47.5 Å². The van der Waals surface area contributed by atoms with Gasteiger partial charge in [0.1, 0.15) is 34.9 Å². The summed E-state index contributed by atoms with van der Waals surface area (Å²) in [7, 11) is 2.84. The first-order valence-electron chi connectivity index (χ1n) is 12.4. The largest absolute Gasteiger partial charge is 0.495 e. The summed E-state index contributed by atoms with van der Waals surface area (Å²) in [5, 5.41) is 14.1. The SMILES string of the molecule is CCN1CCN(c2ccc(Nc3cc4nc(O)c(-c5c(Cl)c(OC)cc(OC)c5Cl)c(=O)n4cn3)cc2)CC1. The molecule has 2 N–H and O–H groups in total. The van der Waals surface area contributed by atoms with Gasteiger partial charge in [-0.1, -0.05) is 30.1 Å². The highest BCUT2D eigenvalue weighted by Crippen LogP contribution is 2.46. The number of rotatable bonds is 7. The van der Waals surface area contributed by atoms with E-state index in [1.807, 2.05) is 12.1 Å². The van der Waals surface area contributed by atoms with Crippen LogP contribution >= 0.6 is 23.2 Å². The summed E-state index contributed by atoms with van der Waals surface area (Å²) in [4.78, 5) is 26.9. The van der Waals surface area contributed by atoms with Crippen molar-refractivity contribution >= 4 is 46.0 Å². The molecule has 0 atom stereocenters. The molecule has 0 unspecified atom stereocenters. The lowest BCUT2D eigenvalue weighted by molar-refractivity contribution is 0.271. The summed E-state index contributed by atoms with van der Waals surface area (Å²) in [6.07, 6.45) is 1.33. The van der Waals surface area contributed by atoms with Gasteiger partial charge in [0, 0.05) is 55.2 Å². The maximum atomic E-state index is 13.4. The van der Waals surface area contributed by atoms with Crippen LogP contribution in [0.25, 0.3) is 16.8 Å². The lowest BCUT2D eigenvalue weighted by Gasteiger charge is -2.35. The molecule has 2 aromatic heterocycles. The fourth-order valence-corrected chi connectivity index (χ4v) is 5.34. The van der Waals surface area contributed by atoms with Crippen molar-refractivity contribution in [3.8, 4) is 28.5 Å². The molecule has 39 heavy (non-hydrogen) atoms. The van der Waals surface area contributed by atoms with E-state index in [0.717, 1.165) is 38.4 Å². The third-order valence-corrected chi connectivity index (χ3v) is 7.60. The second kappa shape index (κ2) is 11.2. The summed E-state index contributed by atoms with van der Waals surface area (Å²) in [6, 6.07) is 11.2. The van der Waals surface area contributed by atoms with E-state index in [9.17, 15) is 9.90 Å². The maximum Gasteiger partial charge on any atom is 0.270 e. The second-order valence-corrected chi connectivity index (χ2v) is 9.75. The van der Waals surface area contributed by atoms with E-state index < -0.39 is 11.4 Å². The van der Waals surface area contributed by atoms with Crippen LogP contribution < -0.4 is 25.2 Å². The Balaban J connectivity index is 1.44. The lowest BCUT2D eigenvalue weighted by Crippen LogP contribution is -2.46. The molecule has 1 fully saturated rings. The number of likely N-dealkylation sites (N-methyl/N-ethyl adjacent to an activating group) is 1. The highest BCUT2D eigenvalue weighted by atomic mass is 35.5. The van der Waals surface area contributed by atoms with E-state index in [4.69, 9.17) is 32.7 Å². The molecule has 3 heterocycles. The molecule has 5 rings (SSSR count). The van der Waals surface area contributed by atoms with Gasteiger partial charge in [0.25, 0.3) is 5.56 Å². The zero-order valence-electron chi connectivity index (χ0n) is 21.7. The van der Waals surface area contributed by atoms with Gasteiger partial charge in [0.05, 0.1) is 24.3 Å². The molecular weight excluding hydrogens is 543 g/mol. The van der Waals surface area contributed by atoms with Crippen LogP contribution in [0, 0.1) is 0 Å². The van der Waals surface area contributed by atoms with Crippen molar-refractivity contribution in [2.24, 2.45) is 0 Å². The second-order valence-electron chi connectivity index (χ2n) is 9.00. The van der Waals surface area contributed by atoms with Gasteiger partial charge >= 0.3 is 0 Å². The Morgan fingerprint density at radius 2 is 1.62 bits per heavy atom. The van der Waals surface area contributed by atoms with Gasteiger partial charge in [-0.3, -0.25) is 4.79 Å². The van der Waals surface area contributed by atoms with Gasteiger partial charge < -0.3 is 29.7 Å². The normalized spacial score (nSPS) is 14.0. The summed E-state index contributed by atoms with van der Waals surface area (Å²) in [5.41, 5.74) is 1.43. The first-order valence-corrected chi connectivity index (χ1v) is 13.2. The van der Waals surface area contributed by atoms with Gasteiger partial charge in [0.15, 0.2) is 0 Å². The average Bonchev–Trinajstić information content (AvgIpc) is 2.95. The fourth-order valence-electron chi connectivity index (χ4n) is 4.65. The minimum atomic E-state index is -0.608. The van der Waals surface area contributed by atoms with Crippen LogP contribution in [0.1, 0.15) is 6.92 Å². The molecule has 0 radical (unpaired) electrons. The third-order valence-electron chi connectivity index (χ3n) is 6.85. The smallest absolute Gasteiger partial charge is 0.270 e. The maximum absolute atomic E-state index is 13.4. The predicted octanol–water partition coefficient (Wildman–Crippen LogP) is 4.67. The molecule has 4 aromatic rings. The molecule has 1 saturated heterocycles. The number of nitrogens with one attached hydrogen (secondary N) is 1. The monoisotopic (exact) mass is 570 g/mol. The van der Waals surface area contributed by atoms with E-state index in [1.165, 1.54) is 36.7 Å². The van der Waals surface area contributed by atoms with Crippen LogP contribution in [0.5, 0.6) is 17.4 Å². The van der Waals surface area contributed by atoms with E-state index in [1.54, 1.807) is 6.07 Å². The average molecular weight is 571 g/mol. The van der Waals surface area contributed by atoms with E-state index >= 15 is 0 Å². The van der Waals surface area contributed by atoms with Crippen molar-refractivity contribution in [3.05, 3.63) is 63.1 Å². The molecule has 0 bridgehead atoms. The zero-order valence-corrected chi connectivity index (χ0v) is 23.3. The highest BCUT2D eigenvalue weighted by molar-refractivity contribution is 6.41. The van der Waals surface area contributed by atoms with Crippen molar-refractivity contribution < 1.29 is 14.6 Å². The summed E-state index contributed by atoms with van der Waals surface area (Å²) in [6.45, 7) is 7.37. The molecule has 0 spiro atoms. The summed E-state index contributed by atoms with van der Waals surface area (Å²) >= 11 is 13.0. The van der Waals surface area contributed by atoms with E-state index in [0.29, 0.717) is 5.82 Å². The molecule has 0 amide bonds. The van der Waals surface area contributed by atoms with Gasteiger partial charge in [-0.05, 0) is 30.8 Å². The number of aromatic hydroxyl groups is 1. The minimum Gasteiger partial charge on any atom is -0.495 e. The Morgan fingerprint density at radius 3 is 2.21 bits per heavy atom. The van der Waals surface area contributed by atoms with Crippen LogP contribution in [0.2, 0.25) is 10.0 Å². The van der Waals surface area contributed by atoms with Gasteiger partial charge in [-0.2, -0.15) is 4.98 Å². The highest BCUT2D eigenvalue weighted by Gasteiger charge is 2.25. The van der Waals surface area contributed by atoms with Crippen LogP contribution in [0.4, 0.5) is 17.2 Å². The molecule has 1 aliphatic heterocycles. The topological polar surface area (TPSA) is 104 Å². The number of piperazine rings is 1. The standard InChI is InChI=1S/C27H28Cl2N6O4/c1-4-33-9-11-34(12-10-33)17-7-5-16(6-8-17)31-20-14-21-32-26(36)23(27(37)35(21)15-30-20)22-24(28)18(38-2)13-19(39-3)25(22)29/h5-8,13-15,31,36H,4,9-12H2,1-3H3. The molecule has 0 saturated carbocycles. The third kappa shape index (κ3) is 5.15. The summed E-state index contributed by atoms with van der Waals surface area (Å²) < 4.78 is 11.8. The van der Waals surface area contributed by atoms with Gasteiger partial charge in [0.2, 0.25) is 5.88 Å². The first kappa shape index (κ1) is 26.9. The van der Waals surface area contributed by atoms with Crippen molar-refractivity contribution in [1.82, 2.24) is 19.3 Å². The van der Waals surface area contributed by atoms with Crippen LogP contribution in [0.3, 0.4) is 0 Å². The van der Waals surface area contributed by atoms with Crippen LogP contribution in [-0.2, 0) is 0 Å². The first-order chi connectivity index (χ1) is 18.8. The number of fused-ring (bicyclic) bond motifs is 1. The quantitative estimate of drug-likeness (QED) is 0.328. The number of hydrogen-bond donors (Lipinski definition) is 2. The Bertz CT molecular complexity index is 1540. The van der Waals surface area contributed by atoms with E-state index in [2.05, 4.69) is 44.1 Å². The van der Waals surface area contributed by atoms with Crippen molar-refractivity contribution in [1.29, 1.82) is 0 Å². The Hall–Kier alpha value is -3.73. The van der Waals surface area contributed by atoms with Crippen molar-refractivity contribution in [2.75, 3.05) is 57.2 Å². The lowest BCUT2D eigenvalue weighted by atomic mass is 10.1. The predicted molar refractivity (Wildman–Crippen MR) is 154 cm³/mol. The zero-order chi connectivity index (χ0) is 27.7. The van der Waals surface area contributed by atoms with Gasteiger partial charge in [-0.25, -0.2) is 9.38 Å². The van der Waals surface area contributed by atoms with E-state index in [-0.39, 0.29) is 38.3 Å². The van der Waals surface area contributed by atoms with Gasteiger partial charge in [-0.15, -0.1) is 0 Å². The van der Waals surface area contributed by atoms with Crippen LogP contribution in [-0.4, -0.2) is 71.3 Å². The number of anilines is 3. The number of ether oxygens (including phenoxy) is 2. The molecular formula is C27H28Cl2N6O4. The molecule has 0 aliphatic carbocycles. The minimum absolute atomic E-state index is 0.0411. The molecule has 204 valence electrons. The molecule has 1 aliphatic rings. The Morgan fingerprint density at radius 1 is 0.974 bits per heavy atom.